The minimum Gasteiger partial charge on any atom is -0.477 e. The fraction of sp³-hybridized carbons (Fsp3) is 0.444. The van der Waals surface area contributed by atoms with Gasteiger partial charge in [-0.2, -0.15) is 13.2 Å². The van der Waals surface area contributed by atoms with Gasteiger partial charge in [0.15, 0.2) is 0 Å². The van der Waals surface area contributed by atoms with Crippen molar-refractivity contribution in [2.24, 2.45) is 0 Å². The number of nitrogens with one attached hydrogen (secondary N) is 1. The van der Waals surface area contributed by atoms with Crippen LogP contribution in [0, 0.1) is 0 Å². The molecule has 0 fully saturated rings. The molecule has 0 radical (unpaired) electrons. The number of rotatable bonds is 6. The molecule has 1 aromatic heterocycles. The summed E-state index contributed by atoms with van der Waals surface area (Å²) in [5.41, 5.74) is 0. The summed E-state index contributed by atoms with van der Waals surface area (Å²) >= 11 is 0.539. The number of carboxylic acids is 1. The minimum atomic E-state index is -4.33. The number of sulfonamides is 1. The van der Waals surface area contributed by atoms with Gasteiger partial charge in [-0.1, -0.05) is 0 Å². The number of alkyl halides is 3. The normalized spacial score (nSPS) is 12.6. The van der Waals surface area contributed by atoms with Gasteiger partial charge in [0, 0.05) is 13.0 Å². The second-order valence-corrected chi connectivity index (χ2v) is 6.62. The molecule has 0 aliphatic rings. The van der Waals surface area contributed by atoms with E-state index in [9.17, 15) is 26.4 Å². The van der Waals surface area contributed by atoms with Gasteiger partial charge in [-0.25, -0.2) is 17.9 Å². The monoisotopic (exact) mass is 317 g/mol. The molecular formula is C9H10F3NO4S2. The fourth-order valence-electron chi connectivity index (χ4n) is 1.15. The SMILES string of the molecule is O=C(O)c1ccc(S(=O)(=O)NCCCC(F)(F)F)s1. The Morgan fingerprint density at radius 2 is 2.00 bits per heavy atom. The number of hydrogen-bond acceptors (Lipinski definition) is 4. The molecule has 2 N–H and O–H groups in total. The molecule has 0 atom stereocenters. The highest BCUT2D eigenvalue weighted by Gasteiger charge is 2.26. The van der Waals surface area contributed by atoms with Gasteiger partial charge in [0.1, 0.15) is 9.09 Å². The molecule has 0 aliphatic carbocycles. The van der Waals surface area contributed by atoms with Gasteiger partial charge in [0.25, 0.3) is 0 Å². The van der Waals surface area contributed by atoms with Gasteiger partial charge in [0.05, 0.1) is 0 Å². The summed E-state index contributed by atoms with van der Waals surface area (Å²) in [5, 5.41) is 8.64. The van der Waals surface area contributed by atoms with Crippen molar-refractivity contribution in [2.75, 3.05) is 6.54 Å². The molecule has 0 unspecified atom stereocenters. The van der Waals surface area contributed by atoms with E-state index in [0.29, 0.717) is 11.3 Å². The predicted molar refractivity (Wildman–Crippen MR) is 61.8 cm³/mol. The van der Waals surface area contributed by atoms with Crippen molar-refractivity contribution < 1.29 is 31.5 Å². The summed E-state index contributed by atoms with van der Waals surface area (Å²) in [6.45, 7) is -0.359. The highest BCUT2D eigenvalue weighted by Crippen LogP contribution is 2.23. The van der Waals surface area contributed by atoms with Gasteiger partial charge in [-0.05, 0) is 18.6 Å². The second-order valence-electron chi connectivity index (χ2n) is 3.54. The maximum Gasteiger partial charge on any atom is 0.389 e. The highest BCUT2D eigenvalue weighted by atomic mass is 32.2. The van der Waals surface area contributed by atoms with Crippen LogP contribution in [0.5, 0.6) is 0 Å². The van der Waals surface area contributed by atoms with E-state index in [2.05, 4.69) is 0 Å². The molecule has 0 aliphatic heterocycles. The number of halogens is 3. The molecule has 0 saturated heterocycles. The van der Waals surface area contributed by atoms with Crippen molar-refractivity contribution in [3.63, 3.8) is 0 Å². The van der Waals surface area contributed by atoms with Crippen molar-refractivity contribution >= 4 is 27.3 Å². The van der Waals surface area contributed by atoms with E-state index in [4.69, 9.17) is 5.11 Å². The van der Waals surface area contributed by atoms with Crippen LogP contribution in [0.3, 0.4) is 0 Å². The Morgan fingerprint density at radius 3 is 2.47 bits per heavy atom. The Morgan fingerprint density at radius 1 is 1.37 bits per heavy atom. The molecule has 0 saturated carbocycles. The Balaban J connectivity index is 2.58. The largest absolute Gasteiger partial charge is 0.477 e. The Kier molecular flexibility index (Phi) is 4.93. The second kappa shape index (κ2) is 5.88. The lowest BCUT2D eigenvalue weighted by atomic mass is 10.3. The molecule has 0 amide bonds. The molecule has 1 heterocycles. The first kappa shape index (κ1) is 15.9. The molecule has 1 aromatic rings. The van der Waals surface area contributed by atoms with E-state index in [1.807, 2.05) is 4.72 Å². The van der Waals surface area contributed by atoms with Crippen LogP contribution < -0.4 is 4.72 Å². The topological polar surface area (TPSA) is 83.5 Å². The Hall–Kier alpha value is -1.13. The standard InChI is InChI=1S/C9H10F3NO4S2/c10-9(11,12)4-1-5-13-19(16,17)7-3-2-6(18-7)8(14)15/h2-3,13H,1,4-5H2,(H,14,15). The highest BCUT2D eigenvalue weighted by molar-refractivity contribution is 7.91. The summed E-state index contributed by atoms with van der Waals surface area (Å²) < 4.78 is 60.5. The van der Waals surface area contributed by atoms with Crippen molar-refractivity contribution in [1.29, 1.82) is 0 Å². The van der Waals surface area contributed by atoms with Gasteiger partial charge in [-0.15, -0.1) is 11.3 Å². The van der Waals surface area contributed by atoms with Gasteiger partial charge < -0.3 is 5.11 Å². The maximum absolute atomic E-state index is 11.9. The average molecular weight is 317 g/mol. The van der Waals surface area contributed by atoms with Crippen molar-refractivity contribution in [3.8, 4) is 0 Å². The smallest absolute Gasteiger partial charge is 0.389 e. The van der Waals surface area contributed by atoms with Crippen LogP contribution in [0.1, 0.15) is 22.5 Å². The van der Waals surface area contributed by atoms with E-state index in [0.717, 1.165) is 12.1 Å². The number of thiophene rings is 1. The van der Waals surface area contributed by atoms with Gasteiger partial charge in [0.2, 0.25) is 10.0 Å². The van der Waals surface area contributed by atoms with Gasteiger partial charge >= 0.3 is 12.1 Å². The number of hydrogen-bond donors (Lipinski definition) is 2. The van der Waals surface area contributed by atoms with Crippen LogP contribution in [0.4, 0.5) is 13.2 Å². The zero-order valence-electron chi connectivity index (χ0n) is 9.40. The summed E-state index contributed by atoms with van der Waals surface area (Å²) in [7, 11) is -3.95. The molecule has 5 nitrogen and oxygen atoms in total. The summed E-state index contributed by atoms with van der Waals surface area (Å²) in [6.07, 6.45) is -5.79. The first-order chi connectivity index (χ1) is 8.62. The third-order valence-corrected chi connectivity index (χ3v) is 5.01. The van der Waals surface area contributed by atoms with E-state index >= 15 is 0 Å². The summed E-state index contributed by atoms with van der Waals surface area (Å²) in [6, 6.07) is 2.22. The molecule has 0 bridgehead atoms. The third-order valence-electron chi connectivity index (χ3n) is 1.99. The lowest BCUT2D eigenvalue weighted by Gasteiger charge is -2.07. The summed E-state index contributed by atoms with van der Waals surface area (Å²) in [5.74, 6) is -1.26. The molecule has 0 spiro atoms. The average Bonchev–Trinajstić information content (AvgIpc) is 2.73. The molecule has 108 valence electrons. The first-order valence-electron chi connectivity index (χ1n) is 5.01. The zero-order valence-corrected chi connectivity index (χ0v) is 11.0. The minimum absolute atomic E-state index is 0.157. The van der Waals surface area contributed by atoms with Crippen molar-refractivity contribution in [2.45, 2.75) is 23.2 Å². The fourth-order valence-corrected chi connectivity index (χ4v) is 3.41. The molecule has 1 rings (SSSR count). The van der Waals surface area contributed by atoms with Crippen LogP contribution in [-0.4, -0.2) is 32.2 Å². The number of carbonyl (C=O) groups is 1. The Labute approximate surface area is 111 Å². The van der Waals surface area contributed by atoms with E-state index in [-0.39, 0.29) is 22.1 Å². The lowest BCUT2D eigenvalue weighted by molar-refractivity contribution is -0.135. The maximum atomic E-state index is 11.9. The summed E-state index contributed by atoms with van der Waals surface area (Å²) in [4.78, 5) is 10.4. The number of aromatic carboxylic acids is 1. The number of carboxylic acid groups (broad SMARTS) is 1. The van der Waals surface area contributed by atoms with Crippen LogP contribution in [0.25, 0.3) is 0 Å². The van der Waals surface area contributed by atoms with Crippen LogP contribution in [0.2, 0.25) is 0 Å². The van der Waals surface area contributed by atoms with E-state index < -0.39 is 28.6 Å². The van der Waals surface area contributed by atoms with Crippen molar-refractivity contribution in [3.05, 3.63) is 17.0 Å². The van der Waals surface area contributed by atoms with Crippen LogP contribution in [-0.2, 0) is 10.0 Å². The zero-order chi connectivity index (χ0) is 14.7. The van der Waals surface area contributed by atoms with Crippen molar-refractivity contribution in [1.82, 2.24) is 4.72 Å². The van der Waals surface area contributed by atoms with E-state index in [1.54, 1.807) is 0 Å². The molecular weight excluding hydrogens is 307 g/mol. The first-order valence-corrected chi connectivity index (χ1v) is 7.31. The Bertz CT molecular complexity index is 550. The quantitative estimate of drug-likeness (QED) is 0.787. The van der Waals surface area contributed by atoms with Gasteiger partial charge in [-0.3, -0.25) is 0 Å². The molecule has 10 heteroatoms. The lowest BCUT2D eigenvalue weighted by Crippen LogP contribution is -2.25. The predicted octanol–water partition coefficient (Wildman–Crippen LogP) is 2.07. The third kappa shape index (κ3) is 5.17. The van der Waals surface area contributed by atoms with E-state index in [1.165, 1.54) is 0 Å². The van der Waals surface area contributed by atoms with Crippen LogP contribution >= 0.6 is 11.3 Å². The molecule has 0 aromatic carbocycles. The molecule has 19 heavy (non-hydrogen) atoms. The van der Waals surface area contributed by atoms with Crippen LogP contribution in [0.15, 0.2) is 16.3 Å².